The standard InChI is InChI=1S/C16H19N5OS/c1-11-18-14-8-17-3-2-13(14)15(19-11)21-9-12(10-21)16(22)20-4-6-23-7-5-20/h2-3,8,12H,4-7,9-10H2,1H3. The molecule has 2 aliphatic heterocycles. The monoisotopic (exact) mass is 329 g/mol. The van der Waals surface area contributed by atoms with E-state index < -0.39 is 0 Å². The molecule has 120 valence electrons. The topological polar surface area (TPSA) is 62.2 Å². The van der Waals surface area contributed by atoms with Gasteiger partial charge in [0.05, 0.1) is 17.6 Å². The van der Waals surface area contributed by atoms with Gasteiger partial charge >= 0.3 is 0 Å². The first-order valence-electron chi connectivity index (χ1n) is 7.92. The van der Waals surface area contributed by atoms with Gasteiger partial charge < -0.3 is 9.80 Å². The molecule has 4 heterocycles. The summed E-state index contributed by atoms with van der Waals surface area (Å²) in [6, 6.07) is 1.95. The summed E-state index contributed by atoms with van der Waals surface area (Å²) in [7, 11) is 0. The zero-order valence-corrected chi connectivity index (χ0v) is 13.9. The van der Waals surface area contributed by atoms with Crippen LogP contribution in [-0.2, 0) is 4.79 Å². The minimum absolute atomic E-state index is 0.102. The molecular weight excluding hydrogens is 310 g/mol. The third-order valence-electron chi connectivity index (χ3n) is 4.44. The molecule has 2 saturated heterocycles. The van der Waals surface area contributed by atoms with Gasteiger partial charge in [0.2, 0.25) is 5.91 Å². The molecule has 0 bridgehead atoms. The highest BCUT2D eigenvalue weighted by atomic mass is 32.2. The fourth-order valence-corrected chi connectivity index (χ4v) is 4.07. The van der Waals surface area contributed by atoms with E-state index in [1.807, 2.05) is 29.7 Å². The summed E-state index contributed by atoms with van der Waals surface area (Å²) in [5.41, 5.74) is 0.859. The first kappa shape index (κ1) is 14.7. The van der Waals surface area contributed by atoms with Crippen molar-refractivity contribution >= 4 is 34.4 Å². The van der Waals surface area contributed by atoms with Crippen molar-refractivity contribution in [3.8, 4) is 0 Å². The van der Waals surface area contributed by atoms with E-state index in [4.69, 9.17) is 0 Å². The lowest BCUT2D eigenvalue weighted by molar-refractivity contribution is -0.135. The van der Waals surface area contributed by atoms with Gasteiger partial charge in [0.25, 0.3) is 0 Å². The van der Waals surface area contributed by atoms with Gasteiger partial charge in [-0.25, -0.2) is 9.97 Å². The summed E-state index contributed by atoms with van der Waals surface area (Å²) in [6.07, 6.45) is 3.53. The molecule has 23 heavy (non-hydrogen) atoms. The van der Waals surface area contributed by atoms with Gasteiger partial charge in [0.1, 0.15) is 11.6 Å². The highest BCUT2D eigenvalue weighted by Crippen LogP contribution is 2.30. The molecule has 7 heteroatoms. The molecule has 0 atom stereocenters. The molecule has 1 amide bonds. The summed E-state index contributed by atoms with van der Waals surface area (Å²) in [5.74, 6) is 4.19. The van der Waals surface area contributed by atoms with Crippen LogP contribution in [-0.4, -0.2) is 63.4 Å². The number of hydrogen-bond donors (Lipinski definition) is 0. The number of nitrogens with zero attached hydrogens (tertiary/aromatic N) is 5. The maximum Gasteiger partial charge on any atom is 0.229 e. The minimum Gasteiger partial charge on any atom is -0.354 e. The predicted molar refractivity (Wildman–Crippen MR) is 91.7 cm³/mol. The number of pyridine rings is 1. The fraction of sp³-hybridized carbons (Fsp3) is 0.500. The molecule has 0 saturated carbocycles. The van der Waals surface area contributed by atoms with Crippen molar-refractivity contribution in [1.82, 2.24) is 19.9 Å². The van der Waals surface area contributed by atoms with Crippen molar-refractivity contribution in [2.24, 2.45) is 5.92 Å². The quantitative estimate of drug-likeness (QED) is 0.829. The number of thioether (sulfide) groups is 1. The Kier molecular flexibility index (Phi) is 3.80. The maximum atomic E-state index is 12.5. The van der Waals surface area contributed by atoms with Crippen LogP contribution in [0.5, 0.6) is 0 Å². The molecule has 4 rings (SSSR count). The Morgan fingerprint density at radius 1 is 1.26 bits per heavy atom. The van der Waals surface area contributed by atoms with Gasteiger partial charge in [-0.15, -0.1) is 0 Å². The smallest absolute Gasteiger partial charge is 0.229 e. The fourth-order valence-electron chi connectivity index (χ4n) is 3.17. The Morgan fingerprint density at radius 3 is 2.83 bits per heavy atom. The van der Waals surface area contributed by atoms with Gasteiger partial charge in [-0.2, -0.15) is 11.8 Å². The second kappa shape index (κ2) is 5.96. The maximum absolute atomic E-state index is 12.5. The number of carbonyl (C=O) groups excluding carboxylic acids is 1. The highest BCUT2D eigenvalue weighted by Gasteiger charge is 2.37. The average molecular weight is 329 g/mol. The number of aromatic nitrogens is 3. The predicted octanol–water partition coefficient (Wildman–Crippen LogP) is 1.34. The number of hydrogen-bond acceptors (Lipinski definition) is 6. The molecule has 0 spiro atoms. The van der Waals surface area contributed by atoms with Gasteiger partial charge in [0, 0.05) is 49.3 Å². The number of rotatable bonds is 2. The van der Waals surface area contributed by atoms with Crippen molar-refractivity contribution in [1.29, 1.82) is 0 Å². The third-order valence-corrected chi connectivity index (χ3v) is 5.39. The second-order valence-corrected chi connectivity index (χ2v) is 7.25. The molecule has 0 unspecified atom stereocenters. The second-order valence-electron chi connectivity index (χ2n) is 6.03. The molecule has 2 aromatic heterocycles. The van der Waals surface area contributed by atoms with Crippen molar-refractivity contribution in [3.63, 3.8) is 0 Å². The number of fused-ring (bicyclic) bond motifs is 1. The van der Waals surface area contributed by atoms with E-state index in [-0.39, 0.29) is 5.92 Å². The molecule has 0 radical (unpaired) electrons. The van der Waals surface area contributed by atoms with E-state index in [1.54, 1.807) is 12.4 Å². The van der Waals surface area contributed by atoms with Crippen LogP contribution in [0.3, 0.4) is 0 Å². The molecular formula is C16H19N5OS. The Bertz CT molecular complexity index is 740. The molecule has 0 aliphatic carbocycles. The molecule has 6 nitrogen and oxygen atoms in total. The zero-order valence-electron chi connectivity index (χ0n) is 13.1. The Morgan fingerprint density at radius 2 is 2.04 bits per heavy atom. The lowest BCUT2D eigenvalue weighted by Crippen LogP contribution is -2.56. The lowest BCUT2D eigenvalue weighted by Gasteiger charge is -2.42. The van der Waals surface area contributed by atoms with Crippen LogP contribution >= 0.6 is 11.8 Å². The number of carbonyl (C=O) groups is 1. The highest BCUT2D eigenvalue weighted by molar-refractivity contribution is 7.99. The molecule has 0 N–H and O–H groups in total. The largest absolute Gasteiger partial charge is 0.354 e. The van der Waals surface area contributed by atoms with Gasteiger partial charge in [-0.3, -0.25) is 9.78 Å². The molecule has 2 aliphatic rings. The third kappa shape index (κ3) is 2.73. The van der Waals surface area contributed by atoms with Crippen molar-refractivity contribution in [3.05, 3.63) is 24.3 Å². The minimum atomic E-state index is 0.102. The van der Waals surface area contributed by atoms with E-state index >= 15 is 0 Å². The summed E-state index contributed by atoms with van der Waals surface area (Å²) in [4.78, 5) is 29.9. The van der Waals surface area contributed by atoms with Crippen LogP contribution in [0, 0.1) is 12.8 Å². The van der Waals surface area contributed by atoms with Gasteiger partial charge in [-0.05, 0) is 13.0 Å². The Hall–Kier alpha value is -1.89. The summed E-state index contributed by atoms with van der Waals surface area (Å²) in [6.45, 7) is 5.17. The van der Waals surface area contributed by atoms with E-state index in [9.17, 15) is 4.79 Å². The molecule has 2 fully saturated rings. The van der Waals surface area contributed by atoms with E-state index in [2.05, 4.69) is 19.9 Å². The molecule has 0 aromatic carbocycles. The van der Waals surface area contributed by atoms with Crippen molar-refractivity contribution in [2.45, 2.75) is 6.92 Å². The van der Waals surface area contributed by atoms with Crippen LogP contribution in [0.2, 0.25) is 0 Å². The van der Waals surface area contributed by atoms with Crippen molar-refractivity contribution in [2.75, 3.05) is 42.6 Å². The summed E-state index contributed by atoms with van der Waals surface area (Å²) in [5, 5.41) is 1.01. The number of amides is 1. The average Bonchev–Trinajstić information content (AvgIpc) is 2.54. The SMILES string of the molecule is Cc1nc(N2CC(C(=O)N3CCSCC3)C2)c2ccncc2n1. The Labute approximate surface area is 139 Å². The van der Waals surface area contributed by atoms with E-state index in [1.165, 1.54) is 0 Å². The Balaban J connectivity index is 1.50. The number of aryl methyl sites for hydroxylation is 1. The first-order valence-corrected chi connectivity index (χ1v) is 9.07. The van der Waals surface area contributed by atoms with Crippen LogP contribution in [0.25, 0.3) is 10.9 Å². The summed E-state index contributed by atoms with van der Waals surface area (Å²) < 4.78 is 0. The molecule has 2 aromatic rings. The van der Waals surface area contributed by atoms with Gasteiger partial charge in [-0.1, -0.05) is 0 Å². The van der Waals surface area contributed by atoms with Gasteiger partial charge in [0.15, 0.2) is 0 Å². The normalized spacial score (nSPS) is 19.0. The zero-order chi connectivity index (χ0) is 15.8. The van der Waals surface area contributed by atoms with Crippen LogP contribution < -0.4 is 4.90 Å². The summed E-state index contributed by atoms with van der Waals surface area (Å²) >= 11 is 1.93. The van der Waals surface area contributed by atoms with Crippen molar-refractivity contribution < 1.29 is 4.79 Å². The van der Waals surface area contributed by atoms with Crippen LogP contribution in [0.4, 0.5) is 5.82 Å². The van der Waals surface area contributed by atoms with E-state index in [0.29, 0.717) is 5.91 Å². The number of anilines is 1. The lowest BCUT2D eigenvalue weighted by atomic mass is 9.97. The van der Waals surface area contributed by atoms with E-state index in [0.717, 1.165) is 60.2 Å². The van der Waals surface area contributed by atoms with Crippen LogP contribution in [0.15, 0.2) is 18.5 Å². The first-order chi connectivity index (χ1) is 11.2. The van der Waals surface area contributed by atoms with Crippen LogP contribution in [0.1, 0.15) is 5.82 Å².